The van der Waals surface area contributed by atoms with E-state index in [-0.39, 0.29) is 0 Å². The zero-order valence-corrected chi connectivity index (χ0v) is 15.5. The quantitative estimate of drug-likeness (QED) is 0.397. The molecule has 0 radical (unpaired) electrons. The van der Waals surface area contributed by atoms with E-state index >= 15 is 0 Å². The highest BCUT2D eigenvalue weighted by molar-refractivity contribution is 14.1. The lowest BCUT2D eigenvalue weighted by Crippen LogP contribution is -2.12. The minimum absolute atomic E-state index is 0.378. The summed E-state index contributed by atoms with van der Waals surface area (Å²) in [4.78, 5) is 4.79. The molecule has 0 saturated heterocycles. The van der Waals surface area contributed by atoms with Gasteiger partial charge in [-0.1, -0.05) is 0 Å². The monoisotopic (exact) mass is 430 g/mol. The van der Waals surface area contributed by atoms with Gasteiger partial charge in [0.2, 0.25) is 0 Å². The molecular formula is C16H16ClIN2S. The molecule has 3 rings (SSSR count). The number of thiophene rings is 1. The third kappa shape index (κ3) is 3.27. The van der Waals surface area contributed by atoms with Crippen molar-refractivity contribution in [3.8, 4) is 0 Å². The van der Waals surface area contributed by atoms with Crippen molar-refractivity contribution >= 4 is 56.6 Å². The SMILES string of the molecule is CC(Cc1ccsc1)n1c(CCCl)nc2cc(I)ccc21. The van der Waals surface area contributed by atoms with Crippen LogP contribution in [0.3, 0.4) is 0 Å². The second-order valence-electron chi connectivity index (χ2n) is 5.15. The van der Waals surface area contributed by atoms with Crippen molar-refractivity contribution in [2.45, 2.75) is 25.8 Å². The largest absolute Gasteiger partial charge is 0.325 e. The Morgan fingerprint density at radius 1 is 1.38 bits per heavy atom. The Labute approximate surface area is 147 Å². The summed E-state index contributed by atoms with van der Waals surface area (Å²) in [6.45, 7) is 2.26. The van der Waals surface area contributed by atoms with Gasteiger partial charge in [-0.25, -0.2) is 4.98 Å². The Morgan fingerprint density at radius 2 is 2.24 bits per heavy atom. The topological polar surface area (TPSA) is 17.8 Å². The number of fused-ring (bicyclic) bond motifs is 1. The zero-order valence-electron chi connectivity index (χ0n) is 11.7. The van der Waals surface area contributed by atoms with Gasteiger partial charge in [0.25, 0.3) is 0 Å². The number of halogens is 2. The first-order chi connectivity index (χ1) is 10.2. The standard InChI is InChI=1S/C16H16ClIN2S/c1-11(8-12-5-7-21-10-12)20-15-3-2-13(18)9-14(15)19-16(20)4-6-17/h2-3,5,7,9-11H,4,6,8H2,1H3. The van der Waals surface area contributed by atoms with E-state index in [1.165, 1.54) is 14.7 Å². The molecule has 0 aliphatic rings. The van der Waals surface area contributed by atoms with Gasteiger partial charge in [0, 0.05) is 21.9 Å². The van der Waals surface area contributed by atoms with Crippen molar-refractivity contribution in [3.63, 3.8) is 0 Å². The van der Waals surface area contributed by atoms with E-state index in [0.29, 0.717) is 11.9 Å². The summed E-state index contributed by atoms with van der Waals surface area (Å²) in [6.07, 6.45) is 1.83. The fraction of sp³-hybridized carbons (Fsp3) is 0.312. The lowest BCUT2D eigenvalue weighted by Gasteiger charge is -2.17. The highest BCUT2D eigenvalue weighted by Gasteiger charge is 2.16. The van der Waals surface area contributed by atoms with Crippen LogP contribution in [0.1, 0.15) is 24.4 Å². The second kappa shape index (κ2) is 6.67. The zero-order chi connectivity index (χ0) is 14.8. The van der Waals surface area contributed by atoms with Crippen LogP contribution in [0.15, 0.2) is 35.0 Å². The van der Waals surface area contributed by atoms with E-state index in [9.17, 15) is 0 Å². The summed E-state index contributed by atoms with van der Waals surface area (Å²) in [5.41, 5.74) is 3.66. The van der Waals surface area contributed by atoms with Crippen molar-refractivity contribution < 1.29 is 0 Å². The number of aryl methyl sites for hydroxylation is 1. The average Bonchev–Trinajstić information content (AvgIpc) is 3.05. The first kappa shape index (κ1) is 15.3. The molecule has 2 heterocycles. The van der Waals surface area contributed by atoms with Crippen molar-refractivity contribution in [1.82, 2.24) is 9.55 Å². The molecule has 0 amide bonds. The minimum Gasteiger partial charge on any atom is -0.325 e. The lowest BCUT2D eigenvalue weighted by atomic mass is 10.1. The summed E-state index contributed by atoms with van der Waals surface area (Å²) >= 11 is 10.0. The Morgan fingerprint density at radius 3 is 2.95 bits per heavy atom. The molecule has 2 nitrogen and oxygen atoms in total. The molecule has 2 aromatic heterocycles. The predicted molar refractivity (Wildman–Crippen MR) is 99.6 cm³/mol. The molecule has 1 aromatic carbocycles. The number of nitrogens with zero attached hydrogens (tertiary/aromatic N) is 2. The van der Waals surface area contributed by atoms with Gasteiger partial charge in [-0.3, -0.25) is 0 Å². The van der Waals surface area contributed by atoms with Gasteiger partial charge >= 0.3 is 0 Å². The van der Waals surface area contributed by atoms with Crippen LogP contribution in [-0.4, -0.2) is 15.4 Å². The summed E-state index contributed by atoms with van der Waals surface area (Å²) in [6, 6.07) is 9.03. The van der Waals surface area contributed by atoms with Crippen LogP contribution < -0.4 is 0 Å². The average molecular weight is 431 g/mol. The van der Waals surface area contributed by atoms with Gasteiger partial charge in [0.1, 0.15) is 5.82 Å². The van der Waals surface area contributed by atoms with Crippen LogP contribution in [0.2, 0.25) is 0 Å². The summed E-state index contributed by atoms with van der Waals surface area (Å²) in [5, 5.41) is 4.36. The number of hydrogen-bond acceptors (Lipinski definition) is 2. The smallest absolute Gasteiger partial charge is 0.111 e. The van der Waals surface area contributed by atoms with E-state index in [1.807, 2.05) is 0 Å². The van der Waals surface area contributed by atoms with Crippen LogP contribution in [-0.2, 0) is 12.8 Å². The molecule has 1 atom stereocenters. The Kier molecular flexibility index (Phi) is 4.86. The van der Waals surface area contributed by atoms with E-state index < -0.39 is 0 Å². The Hall–Kier alpha value is -0.590. The molecule has 21 heavy (non-hydrogen) atoms. The Balaban J connectivity index is 2.03. The number of imidazole rings is 1. The van der Waals surface area contributed by atoms with Crippen molar-refractivity contribution in [1.29, 1.82) is 0 Å². The van der Waals surface area contributed by atoms with Crippen molar-refractivity contribution in [3.05, 3.63) is 50.0 Å². The van der Waals surface area contributed by atoms with Crippen LogP contribution in [0.5, 0.6) is 0 Å². The number of benzene rings is 1. The molecule has 0 spiro atoms. The molecule has 0 N–H and O–H groups in total. The minimum atomic E-state index is 0.378. The fourth-order valence-corrected chi connectivity index (χ4v) is 4.04. The van der Waals surface area contributed by atoms with Crippen LogP contribution in [0, 0.1) is 3.57 Å². The summed E-state index contributed by atoms with van der Waals surface area (Å²) in [5.74, 6) is 1.69. The molecule has 0 bridgehead atoms. The number of aromatic nitrogens is 2. The summed E-state index contributed by atoms with van der Waals surface area (Å²) in [7, 11) is 0. The molecule has 110 valence electrons. The van der Waals surface area contributed by atoms with Gasteiger partial charge in [-0.2, -0.15) is 11.3 Å². The second-order valence-corrected chi connectivity index (χ2v) is 7.56. The molecule has 0 fully saturated rings. The van der Waals surface area contributed by atoms with Crippen LogP contribution >= 0.6 is 45.5 Å². The highest BCUT2D eigenvalue weighted by atomic mass is 127. The van der Waals surface area contributed by atoms with E-state index in [1.54, 1.807) is 11.3 Å². The number of alkyl halides is 1. The third-order valence-electron chi connectivity index (χ3n) is 3.59. The fourth-order valence-electron chi connectivity index (χ4n) is 2.72. The van der Waals surface area contributed by atoms with Crippen molar-refractivity contribution in [2.75, 3.05) is 5.88 Å². The highest BCUT2D eigenvalue weighted by Crippen LogP contribution is 2.26. The maximum absolute atomic E-state index is 5.96. The van der Waals surface area contributed by atoms with Gasteiger partial charge in [0.15, 0.2) is 0 Å². The first-order valence-corrected chi connectivity index (χ1v) is 9.48. The van der Waals surface area contributed by atoms with E-state index in [4.69, 9.17) is 16.6 Å². The Bertz CT molecular complexity index is 736. The molecule has 0 saturated carbocycles. The maximum Gasteiger partial charge on any atom is 0.111 e. The van der Waals surface area contributed by atoms with Crippen LogP contribution in [0.25, 0.3) is 11.0 Å². The van der Waals surface area contributed by atoms with Gasteiger partial charge < -0.3 is 4.57 Å². The molecule has 0 aliphatic carbocycles. The van der Waals surface area contributed by atoms with Gasteiger partial charge in [0.05, 0.1) is 11.0 Å². The third-order valence-corrected chi connectivity index (χ3v) is 5.19. The molecular weight excluding hydrogens is 415 g/mol. The van der Waals surface area contributed by atoms with Crippen molar-refractivity contribution in [2.24, 2.45) is 0 Å². The van der Waals surface area contributed by atoms with E-state index in [0.717, 1.165) is 24.2 Å². The van der Waals surface area contributed by atoms with E-state index in [2.05, 4.69) is 69.1 Å². The lowest BCUT2D eigenvalue weighted by molar-refractivity contribution is 0.538. The maximum atomic E-state index is 5.96. The molecule has 5 heteroatoms. The number of hydrogen-bond donors (Lipinski definition) is 0. The normalized spacial score (nSPS) is 12.9. The predicted octanol–water partition coefficient (Wildman–Crippen LogP) is 5.29. The molecule has 1 unspecified atom stereocenters. The van der Waals surface area contributed by atoms with Gasteiger partial charge in [-0.05, 0) is 76.5 Å². The number of rotatable bonds is 5. The first-order valence-electron chi connectivity index (χ1n) is 6.92. The molecule has 3 aromatic rings. The van der Waals surface area contributed by atoms with Gasteiger partial charge in [-0.15, -0.1) is 11.6 Å². The van der Waals surface area contributed by atoms with Crippen LogP contribution in [0.4, 0.5) is 0 Å². The molecule has 0 aliphatic heterocycles. The summed E-state index contributed by atoms with van der Waals surface area (Å²) < 4.78 is 3.57.